The van der Waals surface area contributed by atoms with Crippen molar-refractivity contribution >= 4 is 70.4 Å². The largest absolute Gasteiger partial charge is 0.309 e. The molecule has 0 aliphatic rings. The lowest BCUT2D eigenvalue weighted by Gasteiger charge is -2.26. The molecule has 0 spiro atoms. The van der Waals surface area contributed by atoms with Gasteiger partial charge in [0.05, 0.1) is 26.1 Å². The van der Waals surface area contributed by atoms with Crippen molar-refractivity contribution in [1.29, 1.82) is 0 Å². The van der Waals surface area contributed by atoms with E-state index in [1.807, 2.05) is 11.3 Å². The fraction of sp³-hybridized carbons (Fsp3) is 0. The molecule has 0 unspecified atom stereocenters. The monoisotopic (exact) mass is 592 g/mol. The summed E-state index contributed by atoms with van der Waals surface area (Å²) >= 11 is 1.89. The van der Waals surface area contributed by atoms with Crippen molar-refractivity contribution in [2.24, 2.45) is 0 Å². The number of nitrogens with zero attached hydrogens (tertiary/aromatic N) is 2. The van der Waals surface area contributed by atoms with E-state index in [1.54, 1.807) is 0 Å². The number of fused-ring (bicyclic) bond motifs is 6. The molecular weight excluding hydrogens is 565 g/mol. The predicted octanol–water partition coefficient (Wildman–Crippen LogP) is 12.3. The zero-order valence-electron chi connectivity index (χ0n) is 24.5. The van der Waals surface area contributed by atoms with E-state index < -0.39 is 0 Å². The van der Waals surface area contributed by atoms with Crippen LogP contribution in [0.5, 0.6) is 0 Å². The molecule has 0 aliphatic carbocycles. The quantitative estimate of drug-likeness (QED) is 0.193. The maximum Gasteiger partial charge on any atom is 0.0728 e. The van der Waals surface area contributed by atoms with Crippen LogP contribution in [-0.2, 0) is 0 Å². The van der Waals surface area contributed by atoms with Crippen LogP contribution in [0.1, 0.15) is 0 Å². The molecular formula is C42H28N2S. The summed E-state index contributed by atoms with van der Waals surface area (Å²) in [6, 6.07) is 61.2. The van der Waals surface area contributed by atoms with Gasteiger partial charge in [0.1, 0.15) is 0 Å². The average molecular weight is 593 g/mol. The lowest BCUT2D eigenvalue weighted by atomic mass is 9.98. The Bertz CT molecular complexity index is 2470. The maximum absolute atomic E-state index is 2.43. The van der Waals surface area contributed by atoms with Crippen LogP contribution in [0.15, 0.2) is 170 Å². The smallest absolute Gasteiger partial charge is 0.0728 e. The highest BCUT2D eigenvalue weighted by molar-refractivity contribution is 7.27. The summed E-state index contributed by atoms with van der Waals surface area (Å²) in [5.41, 5.74) is 9.60. The van der Waals surface area contributed by atoms with E-state index in [-0.39, 0.29) is 0 Å². The summed E-state index contributed by atoms with van der Waals surface area (Å²) in [5, 5.41) is 5.08. The van der Waals surface area contributed by atoms with E-state index in [4.69, 9.17) is 0 Å². The highest BCUT2D eigenvalue weighted by Gasteiger charge is 2.22. The van der Waals surface area contributed by atoms with Crippen LogP contribution in [0, 0.1) is 0 Å². The minimum atomic E-state index is 1.13. The molecule has 0 saturated heterocycles. The van der Waals surface area contributed by atoms with Crippen molar-refractivity contribution < 1.29 is 0 Å². The Balaban J connectivity index is 1.26. The van der Waals surface area contributed by atoms with Gasteiger partial charge in [0.25, 0.3) is 0 Å². The third-order valence-corrected chi connectivity index (χ3v) is 10.0. The standard InChI is InChI=1S/C42H28N2S/c1-3-15-31(16-4-1)43(33-27-25-30(26-28-33)35-21-11-14-29-13-7-8-19-34(29)35)39-24-12-22-37-40-42(45-41(37)39)36-20-9-10-23-38(36)44(40)32-17-5-2-6-18-32/h1-28H. The zero-order valence-corrected chi connectivity index (χ0v) is 25.3. The number of hydrogen-bond donors (Lipinski definition) is 0. The fourth-order valence-corrected chi connectivity index (χ4v) is 8.09. The number of anilines is 3. The fourth-order valence-electron chi connectivity index (χ4n) is 6.77. The van der Waals surface area contributed by atoms with E-state index in [2.05, 4.69) is 179 Å². The Hall–Kier alpha value is -5.64. The summed E-state index contributed by atoms with van der Waals surface area (Å²) in [4.78, 5) is 2.40. The van der Waals surface area contributed by atoms with Crippen LogP contribution in [0.2, 0.25) is 0 Å². The molecule has 0 amide bonds. The highest BCUT2D eigenvalue weighted by atomic mass is 32.1. The molecule has 0 radical (unpaired) electrons. The van der Waals surface area contributed by atoms with Gasteiger partial charge < -0.3 is 9.47 Å². The van der Waals surface area contributed by atoms with Crippen LogP contribution in [0.4, 0.5) is 17.1 Å². The van der Waals surface area contributed by atoms with Gasteiger partial charge in [0.15, 0.2) is 0 Å². The summed E-state index contributed by atoms with van der Waals surface area (Å²) in [6.45, 7) is 0. The van der Waals surface area contributed by atoms with Crippen LogP contribution < -0.4 is 4.90 Å². The van der Waals surface area contributed by atoms with Crippen molar-refractivity contribution in [1.82, 2.24) is 4.57 Å². The molecule has 9 aromatic rings. The molecule has 7 aromatic carbocycles. The molecule has 0 atom stereocenters. The average Bonchev–Trinajstić information content (AvgIpc) is 3.65. The van der Waals surface area contributed by atoms with Crippen molar-refractivity contribution in [2.45, 2.75) is 0 Å². The van der Waals surface area contributed by atoms with Crippen molar-refractivity contribution in [3.63, 3.8) is 0 Å². The van der Waals surface area contributed by atoms with Gasteiger partial charge in [-0.1, -0.05) is 121 Å². The molecule has 2 nitrogen and oxygen atoms in total. The normalized spacial score (nSPS) is 11.6. The minimum absolute atomic E-state index is 1.13. The summed E-state index contributed by atoms with van der Waals surface area (Å²) in [6.07, 6.45) is 0. The Kier molecular flexibility index (Phi) is 6.03. The van der Waals surface area contributed by atoms with E-state index in [9.17, 15) is 0 Å². The van der Waals surface area contributed by atoms with Crippen LogP contribution in [0.25, 0.3) is 58.8 Å². The first-order chi connectivity index (χ1) is 22.3. The second kappa shape index (κ2) is 10.5. The van der Waals surface area contributed by atoms with Gasteiger partial charge in [-0.15, -0.1) is 11.3 Å². The third-order valence-electron chi connectivity index (χ3n) is 8.78. The number of benzene rings is 7. The molecule has 212 valence electrons. The number of aromatic nitrogens is 1. The molecule has 2 heterocycles. The van der Waals surface area contributed by atoms with E-state index >= 15 is 0 Å². The van der Waals surface area contributed by atoms with Gasteiger partial charge in [-0.05, 0) is 70.4 Å². The van der Waals surface area contributed by atoms with Gasteiger partial charge in [-0.25, -0.2) is 0 Å². The van der Waals surface area contributed by atoms with Gasteiger partial charge in [-0.2, -0.15) is 0 Å². The van der Waals surface area contributed by atoms with Crippen LogP contribution >= 0.6 is 11.3 Å². The molecule has 45 heavy (non-hydrogen) atoms. The first-order valence-electron chi connectivity index (χ1n) is 15.3. The number of rotatable bonds is 5. The van der Waals surface area contributed by atoms with Gasteiger partial charge in [0, 0.05) is 27.8 Å². The second-order valence-electron chi connectivity index (χ2n) is 11.4. The van der Waals surface area contributed by atoms with Gasteiger partial charge >= 0.3 is 0 Å². The summed E-state index contributed by atoms with van der Waals surface area (Å²) in [5.74, 6) is 0. The lowest BCUT2D eigenvalue weighted by Crippen LogP contribution is -2.09. The number of thiophene rings is 1. The van der Waals surface area contributed by atoms with E-state index in [0.29, 0.717) is 0 Å². The SMILES string of the molecule is c1ccc(N(c2ccc(-c3cccc4ccccc34)cc2)c2cccc3c2sc2c4ccccc4n(-c4ccccc4)c32)cc1. The Morgan fingerprint density at radius 2 is 1.07 bits per heavy atom. The summed E-state index contributed by atoms with van der Waals surface area (Å²) in [7, 11) is 0. The third kappa shape index (κ3) is 4.16. The van der Waals surface area contributed by atoms with Crippen LogP contribution in [0.3, 0.4) is 0 Å². The Morgan fingerprint density at radius 3 is 1.89 bits per heavy atom. The molecule has 9 rings (SSSR count). The van der Waals surface area contributed by atoms with Crippen molar-refractivity contribution in [3.8, 4) is 16.8 Å². The van der Waals surface area contributed by atoms with Gasteiger partial charge in [0.2, 0.25) is 0 Å². The molecule has 0 bridgehead atoms. The van der Waals surface area contributed by atoms with E-state index in [0.717, 1.165) is 11.4 Å². The maximum atomic E-state index is 2.43. The van der Waals surface area contributed by atoms with E-state index in [1.165, 1.54) is 64.5 Å². The van der Waals surface area contributed by atoms with Gasteiger partial charge in [-0.3, -0.25) is 0 Å². The second-order valence-corrected chi connectivity index (χ2v) is 12.4. The Morgan fingerprint density at radius 1 is 0.444 bits per heavy atom. The van der Waals surface area contributed by atoms with Crippen molar-refractivity contribution in [2.75, 3.05) is 4.90 Å². The number of para-hydroxylation sites is 3. The molecule has 2 aromatic heterocycles. The first-order valence-corrected chi connectivity index (χ1v) is 16.1. The molecule has 0 aliphatic heterocycles. The number of hydrogen-bond acceptors (Lipinski definition) is 2. The van der Waals surface area contributed by atoms with Crippen LogP contribution in [-0.4, -0.2) is 4.57 Å². The predicted molar refractivity (Wildman–Crippen MR) is 194 cm³/mol. The first kappa shape index (κ1) is 25.8. The van der Waals surface area contributed by atoms with Crippen molar-refractivity contribution in [3.05, 3.63) is 170 Å². The summed E-state index contributed by atoms with van der Waals surface area (Å²) < 4.78 is 5.02. The Labute approximate surface area is 265 Å². The molecule has 0 fully saturated rings. The molecule has 3 heteroatoms. The zero-order chi connectivity index (χ0) is 29.7. The highest BCUT2D eigenvalue weighted by Crippen LogP contribution is 2.48. The lowest BCUT2D eigenvalue weighted by molar-refractivity contribution is 1.19. The molecule has 0 saturated carbocycles. The topological polar surface area (TPSA) is 8.17 Å². The minimum Gasteiger partial charge on any atom is -0.309 e. The molecule has 0 N–H and O–H groups in total.